The Morgan fingerprint density at radius 2 is 2.08 bits per heavy atom. The second kappa shape index (κ2) is 10.6. The number of hydrogen-bond acceptors (Lipinski definition) is 7. The van der Waals surface area contributed by atoms with Gasteiger partial charge in [0.2, 0.25) is 5.91 Å². The Balaban J connectivity index is 1.36. The number of likely N-dealkylation sites (tertiary alicyclic amines) is 1. The van der Waals surface area contributed by atoms with Crippen LogP contribution >= 0.6 is 0 Å². The van der Waals surface area contributed by atoms with E-state index >= 15 is 0 Å². The van der Waals surface area contributed by atoms with E-state index in [1.807, 2.05) is 18.2 Å². The standard InChI is InChI=1S/C27H31N5O4/c1-32-11-3-4-18(32)9-10-28-26(33)17-5-8-22-21(14-17)24(27(34)31-22)25-20-7-6-19(36-13-12-35-2)15-23(20)29-16-30-25/h5-8,14-16,18,24H,3-4,9-13H2,1-2H3,(H,28,33)(H,31,34). The fourth-order valence-electron chi connectivity index (χ4n) is 5.09. The molecule has 0 aliphatic carbocycles. The predicted octanol–water partition coefficient (Wildman–Crippen LogP) is 2.95. The van der Waals surface area contributed by atoms with Crippen LogP contribution in [0.4, 0.5) is 5.69 Å². The summed E-state index contributed by atoms with van der Waals surface area (Å²) in [6.07, 6.45) is 4.77. The van der Waals surface area contributed by atoms with E-state index in [-0.39, 0.29) is 11.8 Å². The Bertz CT molecular complexity index is 1280. The van der Waals surface area contributed by atoms with Crippen LogP contribution in [0.25, 0.3) is 10.9 Å². The molecule has 36 heavy (non-hydrogen) atoms. The number of ether oxygens (including phenoxy) is 2. The van der Waals surface area contributed by atoms with Gasteiger partial charge >= 0.3 is 0 Å². The summed E-state index contributed by atoms with van der Waals surface area (Å²) in [6, 6.07) is 11.4. The highest BCUT2D eigenvalue weighted by Gasteiger charge is 2.35. The molecule has 2 aliphatic rings. The van der Waals surface area contributed by atoms with Crippen LogP contribution in [0, 0.1) is 0 Å². The smallest absolute Gasteiger partial charge is 0.251 e. The molecule has 0 radical (unpaired) electrons. The van der Waals surface area contributed by atoms with Crippen LogP contribution in [-0.4, -0.2) is 73.2 Å². The zero-order chi connectivity index (χ0) is 25.1. The van der Waals surface area contributed by atoms with E-state index < -0.39 is 5.92 Å². The molecular weight excluding hydrogens is 458 g/mol. The van der Waals surface area contributed by atoms with Crippen molar-refractivity contribution in [1.82, 2.24) is 20.2 Å². The first-order valence-electron chi connectivity index (χ1n) is 12.3. The lowest BCUT2D eigenvalue weighted by atomic mass is 9.93. The van der Waals surface area contributed by atoms with Gasteiger partial charge in [-0.15, -0.1) is 0 Å². The molecule has 2 amide bonds. The van der Waals surface area contributed by atoms with Crippen molar-refractivity contribution in [2.75, 3.05) is 45.8 Å². The second-order valence-electron chi connectivity index (χ2n) is 9.32. The highest BCUT2D eigenvalue weighted by atomic mass is 16.5. The van der Waals surface area contributed by atoms with Gasteiger partial charge in [-0.25, -0.2) is 9.97 Å². The van der Waals surface area contributed by atoms with E-state index in [4.69, 9.17) is 9.47 Å². The van der Waals surface area contributed by atoms with E-state index in [1.54, 1.807) is 25.3 Å². The van der Waals surface area contributed by atoms with E-state index in [9.17, 15) is 9.59 Å². The molecule has 0 saturated carbocycles. The first-order valence-corrected chi connectivity index (χ1v) is 12.3. The maximum absolute atomic E-state index is 13.0. The maximum Gasteiger partial charge on any atom is 0.251 e. The molecule has 9 heteroatoms. The molecule has 2 atom stereocenters. The second-order valence-corrected chi connectivity index (χ2v) is 9.32. The lowest BCUT2D eigenvalue weighted by Gasteiger charge is -2.19. The number of benzene rings is 2. The van der Waals surface area contributed by atoms with Crippen molar-refractivity contribution in [3.05, 3.63) is 59.5 Å². The van der Waals surface area contributed by atoms with Gasteiger partial charge in [-0.2, -0.15) is 0 Å². The lowest BCUT2D eigenvalue weighted by molar-refractivity contribution is -0.116. The first-order chi connectivity index (χ1) is 17.5. The molecule has 2 unspecified atom stereocenters. The number of anilines is 1. The number of hydrogen-bond donors (Lipinski definition) is 2. The van der Waals surface area contributed by atoms with Gasteiger partial charge < -0.3 is 25.0 Å². The number of fused-ring (bicyclic) bond motifs is 2. The number of rotatable bonds is 9. The van der Waals surface area contributed by atoms with Gasteiger partial charge in [0.1, 0.15) is 24.6 Å². The van der Waals surface area contributed by atoms with E-state index in [1.165, 1.54) is 19.2 Å². The third kappa shape index (κ3) is 4.89. The predicted molar refractivity (Wildman–Crippen MR) is 136 cm³/mol. The monoisotopic (exact) mass is 489 g/mol. The summed E-state index contributed by atoms with van der Waals surface area (Å²) >= 11 is 0. The van der Waals surface area contributed by atoms with Crippen molar-refractivity contribution >= 4 is 28.4 Å². The normalized spacial score (nSPS) is 19.3. The summed E-state index contributed by atoms with van der Waals surface area (Å²) in [4.78, 5) is 37.1. The Labute approximate surface area is 210 Å². The van der Waals surface area contributed by atoms with Gasteiger partial charge in [0, 0.05) is 42.4 Å². The van der Waals surface area contributed by atoms with Gasteiger partial charge in [0.25, 0.3) is 5.91 Å². The first kappa shape index (κ1) is 24.1. The molecule has 1 fully saturated rings. The highest BCUT2D eigenvalue weighted by Crippen LogP contribution is 2.39. The van der Waals surface area contributed by atoms with Gasteiger partial charge in [0.15, 0.2) is 0 Å². The largest absolute Gasteiger partial charge is 0.491 e. The SMILES string of the molecule is COCCOc1ccc2c(C3C(=O)Nc4ccc(C(=O)NCCC5CCCN5C)cc43)ncnc2c1. The molecule has 0 spiro atoms. The Morgan fingerprint density at radius 1 is 1.19 bits per heavy atom. The fourth-order valence-corrected chi connectivity index (χ4v) is 5.09. The highest BCUT2D eigenvalue weighted by molar-refractivity contribution is 6.08. The van der Waals surface area contributed by atoms with Gasteiger partial charge in [-0.3, -0.25) is 9.59 Å². The molecule has 188 valence electrons. The Morgan fingerprint density at radius 3 is 2.89 bits per heavy atom. The van der Waals surface area contributed by atoms with Crippen LogP contribution in [-0.2, 0) is 9.53 Å². The van der Waals surface area contributed by atoms with Gasteiger partial charge in [0.05, 0.1) is 17.8 Å². The molecule has 5 rings (SSSR count). The summed E-state index contributed by atoms with van der Waals surface area (Å²) in [7, 11) is 3.76. The average molecular weight is 490 g/mol. The topological polar surface area (TPSA) is 106 Å². The molecule has 3 heterocycles. The number of carbonyl (C=O) groups excluding carboxylic acids is 2. The summed E-state index contributed by atoms with van der Waals surface area (Å²) < 4.78 is 10.7. The number of methoxy groups -OCH3 is 1. The number of amides is 2. The Hall–Kier alpha value is -3.56. The molecule has 9 nitrogen and oxygen atoms in total. The van der Waals surface area contributed by atoms with Crippen LogP contribution in [0.1, 0.15) is 46.8 Å². The van der Waals surface area contributed by atoms with Crippen molar-refractivity contribution in [3.8, 4) is 5.75 Å². The minimum atomic E-state index is -0.634. The fraction of sp³-hybridized carbons (Fsp3) is 0.407. The summed E-state index contributed by atoms with van der Waals surface area (Å²) in [5, 5.41) is 6.74. The molecule has 2 aromatic carbocycles. The van der Waals surface area contributed by atoms with Crippen LogP contribution in [0.3, 0.4) is 0 Å². The van der Waals surface area contributed by atoms with Crippen molar-refractivity contribution in [1.29, 1.82) is 0 Å². The zero-order valence-electron chi connectivity index (χ0n) is 20.6. The van der Waals surface area contributed by atoms with E-state index in [0.29, 0.717) is 54.0 Å². The maximum atomic E-state index is 13.0. The summed E-state index contributed by atoms with van der Waals surface area (Å²) in [6.45, 7) is 2.66. The van der Waals surface area contributed by atoms with Crippen molar-refractivity contribution in [2.24, 2.45) is 0 Å². The summed E-state index contributed by atoms with van der Waals surface area (Å²) in [5.74, 6) is -0.275. The van der Waals surface area contributed by atoms with Crippen molar-refractivity contribution in [2.45, 2.75) is 31.2 Å². The van der Waals surface area contributed by atoms with Crippen LogP contribution < -0.4 is 15.4 Å². The molecular formula is C27H31N5O4. The summed E-state index contributed by atoms with van der Waals surface area (Å²) in [5.41, 5.74) is 3.25. The lowest BCUT2D eigenvalue weighted by Crippen LogP contribution is -2.31. The third-order valence-corrected chi connectivity index (χ3v) is 7.05. The number of nitrogens with zero attached hydrogens (tertiary/aromatic N) is 3. The number of carbonyl (C=O) groups is 2. The van der Waals surface area contributed by atoms with Crippen molar-refractivity contribution < 1.29 is 19.1 Å². The quantitative estimate of drug-likeness (QED) is 0.445. The minimum absolute atomic E-state index is 0.137. The third-order valence-electron chi connectivity index (χ3n) is 7.05. The molecule has 0 bridgehead atoms. The van der Waals surface area contributed by atoms with Crippen molar-refractivity contribution in [3.63, 3.8) is 0 Å². The molecule has 2 aliphatic heterocycles. The van der Waals surface area contributed by atoms with Crippen LogP contribution in [0.15, 0.2) is 42.7 Å². The average Bonchev–Trinajstić information content (AvgIpc) is 3.44. The molecule has 1 aromatic heterocycles. The van der Waals surface area contributed by atoms with Crippen LogP contribution in [0.5, 0.6) is 5.75 Å². The zero-order valence-corrected chi connectivity index (χ0v) is 20.6. The van der Waals surface area contributed by atoms with E-state index in [2.05, 4.69) is 32.5 Å². The minimum Gasteiger partial charge on any atom is -0.491 e. The number of aromatic nitrogens is 2. The van der Waals surface area contributed by atoms with Gasteiger partial charge in [-0.05, 0) is 68.8 Å². The van der Waals surface area contributed by atoms with Gasteiger partial charge in [-0.1, -0.05) is 0 Å². The Kier molecular flexibility index (Phi) is 7.11. The molecule has 3 aromatic rings. The molecule has 2 N–H and O–H groups in total. The molecule has 1 saturated heterocycles. The van der Waals surface area contributed by atoms with E-state index in [0.717, 1.165) is 23.9 Å². The van der Waals surface area contributed by atoms with Crippen LogP contribution in [0.2, 0.25) is 0 Å². The number of nitrogens with one attached hydrogen (secondary N) is 2.